The Bertz CT molecular complexity index is 270. The molecule has 0 fully saturated rings. The molecule has 0 saturated heterocycles. The maximum Gasteiger partial charge on any atom is 0.0327 e. The summed E-state index contributed by atoms with van der Waals surface area (Å²) in [5.41, 5.74) is 0. The lowest BCUT2D eigenvalue weighted by Crippen LogP contribution is -2.13. The lowest BCUT2D eigenvalue weighted by molar-refractivity contribution is 0.765. The van der Waals surface area contributed by atoms with Crippen LogP contribution in [0.4, 0.5) is 0 Å². The summed E-state index contributed by atoms with van der Waals surface area (Å²) in [4.78, 5) is 1.32. The van der Waals surface area contributed by atoms with Gasteiger partial charge in [-0.2, -0.15) is 0 Å². The van der Waals surface area contributed by atoms with E-state index in [0.29, 0.717) is 0 Å². The molecule has 0 aromatic carbocycles. The van der Waals surface area contributed by atoms with E-state index in [1.165, 1.54) is 9.35 Å². The molecular formula is C8H9Br2NS. The molecule has 4 heteroatoms. The van der Waals surface area contributed by atoms with Gasteiger partial charge in [-0.3, -0.25) is 0 Å². The van der Waals surface area contributed by atoms with E-state index in [1.54, 1.807) is 11.3 Å². The lowest BCUT2D eigenvalue weighted by Gasteiger charge is -2.01. The molecule has 0 amide bonds. The minimum atomic E-state index is 0.810. The first-order chi connectivity index (χ1) is 5.70. The number of thiophene rings is 1. The molecule has 66 valence electrons. The molecule has 0 aliphatic carbocycles. The minimum Gasteiger partial charge on any atom is -0.307 e. The van der Waals surface area contributed by atoms with E-state index < -0.39 is 0 Å². The second-order valence-corrected chi connectivity index (χ2v) is 5.29. The Morgan fingerprint density at radius 2 is 2.42 bits per heavy atom. The molecule has 1 aromatic rings. The van der Waals surface area contributed by atoms with Gasteiger partial charge in [0.25, 0.3) is 0 Å². The van der Waals surface area contributed by atoms with Gasteiger partial charge in [0, 0.05) is 26.9 Å². The van der Waals surface area contributed by atoms with Crippen LogP contribution < -0.4 is 5.32 Å². The quantitative estimate of drug-likeness (QED) is 0.897. The van der Waals surface area contributed by atoms with E-state index in [2.05, 4.69) is 55.2 Å². The second-order valence-electron chi connectivity index (χ2n) is 2.31. The van der Waals surface area contributed by atoms with Crippen LogP contribution in [0.3, 0.4) is 0 Å². The molecule has 1 aromatic heterocycles. The van der Waals surface area contributed by atoms with E-state index >= 15 is 0 Å². The molecule has 0 unspecified atom stereocenters. The molecule has 0 saturated carbocycles. The first-order valence-corrected chi connectivity index (χ1v) is 5.92. The van der Waals surface area contributed by atoms with Crippen LogP contribution in [0.5, 0.6) is 0 Å². The number of hydrogen-bond donors (Lipinski definition) is 1. The third-order valence-corrected chi connectivity index (χ3v) is 3.50. The van der Waals surface area contributed by atoms with Crippen molar-refractivity contribution >= 4 is 43.2 Å². The van der Waals surface area contributed by atoms with Crippen molar-refractivity contribution in [1.29, 1.82) is 0 Å². The summed E-state index contributed by atoms with van der Waals surface area (Å²) in [7, 11) is 0. The van der Waals surface area contributed by atoms with E-state index in [0.717, 1.165) is 17.6 Å². The fourth-order valence-electron chi connectivity index (χ4n) is 0.763. The van der Waals surface area contributed by atoms with Gasteiger partial charge in [-0.25, -0.2) is 0 Å². The first-order valence-electron chi connectivity index (χ1n) is 3.46. The molecule has 1 heterocycles. The standard InChI is InChI=1S/C8H9Br2NS/c1-6(9)4-11-5-8-7(10)2-3-12-8/h2-3,11H,1,4-5H2. The van der Waals surface area contributed by atoms with Gasteiger partial charge in [0.2, 0.25) is 0 Å². The summed E-state index contributed by atoms with van der Waals surface area (Å²) in [6.07, 6.45) is 0. The molecule has 1 nitrogen and oxygen atoms in total. The van der Waals surface area contributed by atoms with Crippen molar-refractivity contribution in [1.82, 2.24) is 5.32 Å². The van der Waals surface area contributed by atoms with Crippen LogP contribution in [0.2, 0.25) is 0 Å². The van der Waals surface area contributed by atoms with Crippen molar-refractivity contribution in [2.45, 2.75) is 6.54 Å². The zero-order valence-corrected chi connectivity index (χ0v) is 10.4. The highest BCUT2D eigenvalue weighted by Gasteiger charge is 1.99. The Kier molecular flexibility index (Phi) is 4.50. The molecule has 0 atom stereocenters. The van der Waals surface area contributed by atoms with Gasteiger partial charge in [-0.15, -0.1) is 11.3 Å². The Morgan fingerprint density at radius 3 is 2.92 bits per heavy atom. The van der Waals surface area contributed by atoms with E-state index in [1.807, 2.05) is 0 Å². The molecule has 0 bridgehead atoms. The summed E-state index contributed by atoms with van der Waals surface area (Å²) in [5.74, 6) is 0. The Balaban J connectivity index is 2.33. The highest BCUT2D eigenvalue weighted by atomic mass is 79.9. The van der Waals surface area contributed by atoms with Gasteiger partial charge in [0.05, 0.1) is 0 Å². The van der Waals surface area contributed by atoms with Crippen LogP contribution in [-0.4, -0.2) is 6.54 Å². The van der Waals surface area contributed by atoms with E-state index in [-0.39, 0.29) is 0 Å². The van der Waals surface area contributed by atoms with Crippen molar-refractivity contribution in [2.75, 3.05) is 6.54 Å². The molecule has 0 spiro atoms. The van der Waals surface area contributed by atoms with Gasteiger partial charge >= 0.3 is 0 Å². The third-order valence-electron chi connectivity index (χ3n) is 1.29. The molecule has 0 radical (unpaired) electrons. The van der Waals surface area contributed by atoms with Crippen LogP contribution >= 0.6 is 43.2 Å². The van der Waals surface area contributed by atoms with E-state index in [4.69, 9.17) is 0 Å². The maximum absolute atomic E-state index is 3.74. The monoisotopic (exact) mass is 309 g/mol. The predicted octanol–water partition coefficient (Wildman–Crippen LogP) is 3.51. The van der Waals surface area contributed by atoms with Gasteiger partial charge in [-0.1, -0.05) is 22.5 Å². The van der Waals surface area contributed by atoms with Gasteiger partial charge in [0.15, 0.2) is 0 Å². The van der Waals surface area contributed by atoms with Crippen molar-refractivity contribution in [3.63, 3.8) is 0 Å². The van der Waals surface area contributed by atoms with Crippen LogP contribution in [0.15, 0.2) is 27.0 Å². The summed E-state index contributed by atoms with van der Waals surface area (Å²) in [5, 5.41) is 5.34. The van der Waals surface area contributed by atoms with Crippen LogP contribution in [0.25, 0.3) is 0 Å². The zero-order valence-electron chi connectivity index (χ0n) is 6.44. The largest absolute Gasteiger partial charge is 0.307 e. The average molecular weight is 311 g/mol. The zero-order chi connectivity index (χ0) is 8.97. The Hall–Kier alpha value is 0.360. The highest BCUT2D eigenvalue weighted by molar-refractivity contribution is 9.11. The fraction of sp³-hybridized carbons (Fsp3) is 0.250. The summed E-state index contributed by atoms with van der Waals surface area (Å²) >= 11 is 8.51. The van der Waals surface area contributed by atoms with Crippen molar-refractivity contribution < 1.29 is 0 Å². The predicted molar refractivity (Wildman–Crippen MR) is 61.8 cm³/mol. The molecule has 12 heavy (non-hydrogen) atoms. The number of halogens is 2. The van der Waals surface area contributed by atoms with E-state index in [9.17, 15) is 0 Å². The number of hydrogen-bond acceptors (Lipinski definition) is 2. The molecule has 1 N–H and O–H groups in total. The smallest absolute Gasteiger partial charge is 0.0327 e. The normalized spacial score (nSPS) is 10.2. The van der Waals surface area contributed by atoms with Crippen molar-refractivity contribution in [3.05, 3.63) is 31.9 Å². The van der Waals surface area contributed by atoms with Crippen molar-refractivity contribution in [3.8, 4) is 0 Å². The topological polar surface area (TPSA) is 12.0 Å². The van der Waals surface area contributed by atoms with Gasteiger partial charge < -0.3 is 5.32 Å². The molecule has 0 aliphatic heterocycles. The SMILES string of the molecule is C=C(Br)CNCc1sccc1Br. The average Bonchev–Trinajstić information content (AvgIpc) is 2.36. The molecule has 0 aliphatic rings. The van der Waals surface area contributed by atoms with Gasteiger partial charge in [-0.05, 0) is 27.4 Å². The third kappa shape index (κ3) is 3.39. The summed E-state index contributed by atoms with van der Waals surface area (Å²) < 4.78 is 2.16. The van der Waals surface area contributed by atoms with Crippen LogP contribution in [0.1, 0.15) is 4.88 Å². The summed E-state index contributed by atoms with van der Waals surface area (Å²) in [6, 6.07) is 2.06. The second kappa shape index (κ2) is 5.17. The lowest BCUT2D eigenvalue weighted by atomic mass is 10.4. The first kappa shape index (κ1) is 10.4. The van der Waals surface area contributed by atoms with Crippen molar-refractivity contribution in [2.24, 2.45) is 0 Å². The summed E-state index contributed by atoms with van der Waals surface area (Å²) in [6.45, 7) is 5.44. The molecular weight excluding hydrogens is 302 g/mol. The Morgan fingerprint density at radius 1 is 1.67 bits per heavy atom. The maximum atomic E-state index is 3.74. The van der Waals surface area contributed by atoms with Gasteiger partial charge in [0.1, 0.15) is 0 Å². The number of rotatable bonds is 4. The Labute approximate surface area is 93.1 Å². The van der Waals surface area contributed by atoms with Crippen LogP contribution in [-0.2, 0) is 6.54 Å². The molecule has 1 rings (SSSR count). The number of nitrogens with one attached hydrogen (secondary N) is 1. The minimum absolute atomic E-state index is 0.810. The van der Waals surface area contributed by atoms with Crippen LogP contribution in [0, 0.1) is 0 Å². The highest BCUT2D eigenvalue weighted by Crippen LogP contribution is 2.22. The fourth-order valence-corrected chi connectivity index (χ4v) is 2.42.